The topological polar surface area (TPSA) is 63.4 Å². The summed E-state index contributed by atoms with van der Waals surface area (Å²) in [7, 11) is -1.73. The Balaban J connectivity index is 2.98. The van der Waals surface area contributed by atoms with Gasteiger partial charge >= 0.3 is 0 Å². The van der Waals surface area contributed by atoms with Crippen LogP contribution in [-0.4, -0.2) is 32.4 Å². The van der Waals surface area contributed by atoms with Crippen LogP contribution in [0.4, 0.5) is 0 Å². The van der Waals surface area contributed by atoms with Gasteiger partial charge in [-0.3, -0.25) is 0 Å². The van der Waals surface area contributed by atoms with E-state index in [-0.39, 0.29) is 12.0 Å². The van der Waals surface area contributed by atoms with Gasteiger partial charge in [-0.25, -0.2) is 8.42 Å². The van der Waals surface area contributed by atoms with E-state index >= 15 is 0 Å². The third-order valence-electron chi connectivity index (χ3n) is 3.20. The molecule has 1 aromatic heterocycles. The van der Waals surface area contributed by atoms with Crippen LogP contribution in [0.5, 0.6) is 0 Å². The molecular weight excluding hydrogens is 268 g/mol. The average molecular weight is 290 g/mol. The molecule has 0 aliphatic carbocycles. The Morgan fingerprint density at radius 3 is 2.44 bits per heavy atom. The molecule has 1 unspecified atom stereocenters. The molecular formula is C12H22N2O2S2. The lowest BCUT2D eigenvalue weighted by Crippen LogP contribution is -2.37. The number of hydrogen-bond donors (Lipinski definition) is 1. The molecule has 1 atom stereocenters. The Morgan fingerprint density at radius 1 is 1.33 bits per heavy atom. The molecule has 0 saturated carbocycles. The smallest absolute Gasteiger partial charge is 0.252 e. The molecule has 6 heteroatoms. The Hall–Kier alpha value is -0.430. The molecule has 0 aromatic carbocycles. The standard InChI is InChI=1S/C12H22N2O2S2/c1-9(2)10(3)14(4)18(15,16)12-6-5-11(17-12)7-8-13/h5-6,9-10H,7-8,13H2,1-4H3. The fraction of sp³-hybridized carbons (Fsp3) is 0.667. The Labute approximate surface area is 114 Å². The summed E-state index contributed by atoms with van der Waals surface area (Å²) >= 11 is 1.31. The van der Waals surface area contributed by atoms with Gasteiger partial charge < -0.3 is 5.73 Å². The van der Waals surface area contributed by atoms with Crippen LogP contribution in [0.1, 0.15) is 25.6 Å². The fourth-order valence-electron chi connectivity index (χ4n) is 1.55. The largest absolute Gasteiger partial charge is 0.330 e. The van der Waals surface area contributed by atoms with Crippen LogP contribution in [0.25, 0.3) is 0 Å². The highest BCUT2D eigenvalue weighted by molar-refractivity contribution is 7.91. The molecule has 4 nitrogen and oxygen atoms in total. The predicted molar refractivity (Wildman–Crippen MR) is 76.3 cm³/mol. The number of hydrogen-bond acceptors (Lipinski definition) is 4. The normalized spacial score (nSPS) is 14.4. The zero-order valence-corrected chi connectivity index (χ0v) is 13.0. The van der Waals surface area contributed by atoms with Crippen LogP contribution in [0.3, 0.4) is 0 Å². The van der Waals surface area contributed by atoms with Gasteiger partial charge in [0.15, 0.2) is 0 Å². The molecule has 0 spiro atoms. The maximum Gasteiger partial charge on any atom is 0.252 e. The van der Waals surface area contributed by atoms with E-state index in [4.69, 9.17) is 5.73 Å². The minimum absolute atomic E-state index is 0.0185. The molecule has 1 aromatic rings. The summed E-state index contributed by atoms with van der Waals surface area (Å²) in [4.78, 5) is 1.02. The van der Waals surface area contributed by atoms with Crippen LogP contribution in [0.2, 0.25) is 0 Å². The third kappa shape index (κ3) is 3.32. The molecule has 0 bridgehead atoms. The molecule has 2 N–H and O–H groups in total. The van der Waals surface area contributed by atoms with Crippen molar-refractivity contribution in [1.29, 1.82) is 0 Å². The van der Waals surface area contributed by atoms with E-state index in [9.17, 15) is 8.42 Å². The van der Waals surface area contributed by atoms with Gasteiger partial charge in [-0.05, 0) is 37.9 Å². The van der Waals surface area contributed by atoms with Gasteiger partial charge in [0.05, 0.1) is 0 Å². The summed E-state index contributed by atoms with van der Waals surface area (Å²) in [5, 5.41) is 0. The number of thiophene rings is 1. The first-order chi connectivity index (χ1) is 8.30. The van der Waals surface area contributed by atoms with Gasteiger partial charge in [0.1, 0.15) is 4.21 Å². The van der Waals surface area contributed by atoms with Gasteiger partial charge in [0.2, 0.25) is 0 Å². The lowest BCUT2D eigenvalue weighted by Gasteiger charge is -2.26. The summed E-state index contributed by atoms with van der Waals surface area (Å²) in [5.74, 6) is 0.285. The highest BCUT2D eigenvalue weighted by Gasteiger charge is 2.28. The van der Waals surface area contributed by atoms with Gasteiger partial charge in [-0.2, -0.15) is 4.31 Å². The monoisotopic (exact) mass is 290 g/mol. The first kappa shape index (κ1) is 15.6. The molecule has 0 fully saturated rings. The lowest BCUT2D eigenvalue weighted by atomic mass is 10.1. The quantitative estimate of drug-likeness (QED) is 0.870. The van der Waals surface area contributed by atoms with Crippen molar-refractivity contribution in [2.24, 2.45) is 11.7 Å². The minimum atomic E-state index is -3.37. The van der Waals surface area contributed by atoms with Crippen molar-refractivity contribution in [2.45, 2.75) is 37.4 Å². The van der Waals surface area contributed by atoms with Crippen LogP contribution in [0.15, 0.2) is 16.3 Å². The Kier molecular flexibility index (Phi) is 5.33. The molecule has 0 saturated heterocycles. The molecule has 104 valence electrons. The van der Waals surface area contributed by atoms with E-state index in [0.717, 1.165) is 11.3 Å². The fourth-order valence-corrected chi connectivity index (χ4v) is 4.60. The van der Waals surface area contributed by atoms with E-state index in [1.165, 1.54) is 15.6 Å². The second-order valence-corrected chi connectivity index (χ2v) is 8.16. The summed E-state index contributed by atoms with van der Waals surface area (Å²) in [6.45, 7) is 6.50. The van der Waals surface area contributed by atoms with Gasteiger partial charge in [-0.1, -0.05) is 13.8 Å². The molecule has 18 heavy (non-hydrogen) atoms. The van der Waals surface area contributed by atoms with E-state index in [0.29, 0.717) is 10.8 Å². The van der Waals surface area contributed by atoms with Crippen molar-refractivity contribution in [3.63, 3.8) is 0 Å². The molecule has 1 heterocycles. The maximum absolute atomic E-state index is 12.4. The van der Waals surface area contributed by atoms with Gasteiger partial charge in [0, 0.05) is 18.0 Å². The van der Waals surface area contributed by atoms with Crippen molar-refractivity contribution in [3.8, 4) is 0 Å². The molecule has 0 radical (unpaired) electrons. The van der Waals surface area contributed by atoms with Gasteiger partial charge in [0.25, 0.3) is 10.0 Å². The zero-order chi connectivity index (χ0) is 13.9. The highest BCUT2D eigenvalue weighted by Crippen LogP contribution is 2.26. The predicted octanol–water partition coefficient (Wildman–Crippen LogP) is 1.91. The molecule has 1 rings (SSSR count). The number of sulfonamides is 1. The van der Waals surface area contributed by atoms with Crippen LogP contribution < -0.4 is 5.73 Å². The van der Waals surface area contributed by atoms with Crippen molar-refractivity contribution >= 4 is 21.4 Å². The number of nitrogens with zero attached hydrogens (tertiary/aromatic N) is 1. The van der Waals surface area contributed by atoms with E-state index in [1.807, 2.05) is 26.8 Å². The van der Waals surface area contributed by atoms with Crippen LogP contribution in [0, 0.1) is 5.92 Å². The maximum atomic E-state index is 12.4. The summed E-state index contributed by atoms with van der Waals surface area (Å²) in [5.41, 5.74) is 5.47. The minimum Gasteiger partial charge on any atom is -0.330 e. The summed E-state index contributed by atoms with van der Waals surface area (Å²) < 4.78 is 26.7. The van der Waals surface area contributed by atoms with Crippen LogP contribution in [-0.2, 0) is 16.4 Å². The summed E-state index contributed by atoms with van der Waals surface area (Å²) in [6.07, 6.45) is 0.726. The van der Waals surface area contributed by atoms with E-state index in [2.05, 4.69) is 0 Å². The highest BCUT2D eigenvalue weighted by atomic mass is 32.2. The number of rotatable bonds is 6. The average Bonchev–Trinajstić information content (AvgIpc) is 2.76. The second-order valence-electron chi connectivity index (χ2n) is 4.77. The molecule has 0 aliphatic rings. The first-order valence-corrected chi connectivity index (χ1v) is 8.33. The summed E-state index contributed by atoms with van der Waals surface area (Å²) in [6, 6.07) is 3.50. The Bertz CT molecular complexity index is 480. The van der Waals surface area contributed by atoms with Crippen molar-refractivity contribution in [3.05, 3.63) is 17.0 Å². The van der Waals surface area contributed by atoms with Crippen LogP contribution >= 0.6 is 11.3 Å². The van der Waals surface area contributed by atoms with Crippen molar-refractivity contribution < 1.29 is 8.42 Å². The SMILES string of the molecule is CC(C)C(C)N(C)S(=O)(=O)c1ccc(CCN)s1. The molecule has 0 amide bonds. The first-order valence-electron chi connectivity index (χ1n) is 6.07. The number of nitrogens with two attached hydrogens (primary N) is 1. The zero-order valence-electron chi connectivity index (χ0n) is 11.4. The van der Waals surface area contributed by atoms with E-state index < -0.39 is 10.0 Å². The van der Waals surface area contributed by atoms with Crippen molar-refractivity contribution in [2.75, 3.05) is 13.6 Å². The van der Waals surface area contributed by atoms with Gasteiger partial charge in [-0.15, -0.1) is 11.3 Å². The lowest BCUT2D eigenvalue weighted by molar-refractivity contribution is 0.316. The van der Waals surface area contributed by atoms with E-state index in [1.54, 1.807) is 13.1 Å². The third-order valence-corrected chi connectivity index (χ3v) is 6.76. The second kappa shape index (κ2) is 6.14. The molecule has 0 aliphatic heterocycles. The Morgan fingerprint density at radius 2 is 1.94 bits per heavy atom. The van der Waals surface area contributed by atoms with Crippen molar-refractivity contribution in [1.82, 2.24) is 4.31 Å².